The number of nitrogens with zero attached hydrogens (tertiary/aromatic N) is 1. The lowest BCUT2D eigenvalue weighted by molar-refractivity contribution is -0.874. The van der Waals surface area contributed by atoms with Gasteiger partial charge < -0.3 is 4.48 Å². The van der Waals surface area contributed by atoms with E-state index in [1.54, 1.807) is 0 Å². The fraction of sp³-hybridized carbons (Fsp3) is 1.00. The zero-order valence-electron chi connectivity index (χ0n) is 11.3. The molecular weight excluding hydrogens is 215 g/mol. The molecule has 1 unspecified atom stereocenters. The van der Waals surface area contributed by atoms with E-state index in [0.717, 1.165) is 10.4 Å². The van der Waals surface area contributed by atoms with Crippen LogP contribution in [0.25, 0.3) is 0 Å². The maximum absolute atomic E-state index is 9.67. The summed E-state index contributed by atoms with van der Waals surface area (Å²) in [6, 6.07) is 0. The largest absolute Gasteiger partial charge is 0.379 e. The second-order valence-corrected chi connectivity index (χ2v) is 5.14. The van der Waals surface area contributed by atoms with E-state index in [0.29, 0.717) is 0 Å². The first-order chi connectivity index (χ1) is 7.22. The predicted octanol–water partition coefficient (Wildman–Crippen LogP) is 4.09. The summed E-state index contributed by atoms with van der Waals surface area (Å²) >= 11 is 0. The quantitative estimate of drug-likeness (QED) is 0.615. The minimum absolute atomic E-state index is 0.935. The Hall–Kier alpha value is -0.250. The second kappa shape index (κ2) is 9.94. The van der Waals surface area contributed by atoms with Crippen LogP contribution in [0.5, 0.6) is 0 Å². The predicted molar refractivity (Wildman–Crippen MR) is 63.3 cm³/mol. The molecule has 0 spiro atoms. The van der Waals surface area contributed by atoms with Gasteiger partial charge in [-0.1, -0.05) is 26.7 Å². The standard InChI is InChI=1S/C11H26N.CHF3/c1-6-8-9-11(7-2)10-12(3,4)5;2-1(3)4/h11H,6-10H2,1-5H3;1H/q+1;. The van der Waals surface area contributed by atoms with E-state index in [2.05, 4.69) is 35.0 Å². The summed E-state index contributed by atoms with van der Waals surface area (Å²) < 4.78 is 30.1. The first kappa shape index (κ1) is 18.1. The molecular formula is C12H27F3N+. The van der Waals surface area contributed by atoms with Gasteiger partial charge >= 0.3 is 6.68 Å². The van der Waals surface area contributed by atoms with E-state index in [9.17, 15) is 13.2 Å². The molecule has 0 aromatic rings. The van der Waals surface area contributed by atoms with Crippen molar-refractivity contribution in [1.29, 1.82) is 0 Å². The van der Waals surface area contributed by atoms with Gasteiger partial charge in [0.2, 0.25) is 0 Å². The van der Waals surface area contributed by atoms with Crippen molar-refractivity contribution in [2.45, 2.75) is 46.2 Å². The van der Waals surface area contributed by atoms with Crippen molar-refractivity contribution in [1.82, 2.24) is 0 Å². The van der Waals surface area contributed by atoms with Crippen LogP contribution in [-0.4, -0.2) is 38.9 Å². The zero-order valence-corrected chi connectivity index (χ0v) is 11.3. The van der Waals surface area contributed by atoms with Gasteiger partial charge in [-0.2, -0.15) is 13.2 Å². The number of hydrogen-bond acceptors (Lipinski definition) is 0. The lowest BCUT2D eigenvalue weighted by atomic mass is 9.98. The van der Waals surface area contributed by atoms with Gasteiger partial charge in [0.25, 0.3) is 0 Å². The Morgan fingerprint density at radius 1 is 1.00 bits per heavy atom. The maximum Gasteiger partial charge on any atom is 0.379 e. The van der Waals surface area contributed by atoms with E-state index >= 15 is 0 Å². The first-order valence-corrected chi connectivity index (χ1v) is 5.95. The molecule has 0 amide bonds. The minimum atomic E-state index is -3.67. The fourth-order valence-corrected chi connectivity index (χ4v) is 1.69. The van der Waals surface area contributed by atoms with Crippen LogP contribution < -0.4 is 0 Å². The lowest BCUT2D eigenvalue weighted by Gasteiger charge is -2.28. The molecule has 0 aromatic carbocycles. The van der Waals surface area contributed by atoms with Gasteiger partial charge in [0.15, 0.2) is 0 Å². The molecule has 0 bridgehead atoms. The molecule has 0 aliphatic carbocycles. The van der Waals surface area contributed by atoms with E-state index in [1.807, 2.05) is 0 Å². The summed E-state index contributed by atoms with van der Waals surface area (Å²) in [7, 11) is 6.86. The molecule has 4 heteroatoms. The van der Waals surface area contributed by atoms with Gasteiger partial charge in [0.05, 0.1) is 27.7 Å². The monoisotopic (exact) mass is 242 g/mol. The number of halogens is 3. The third-order valence-corrected chi connectivity index (χ3v) is 2.35. The molecule has 100 valence electrons. The lowest BCUT2D eigenvalue weighted by Crippen LogP contribution is -2.39. The van der Waals surface area contributed by atoms with Crippen molar-refractivity contribution in [2.24, 2.45) is 5.92 Å². The molecule has 0 saturated carbocycles. The van der Waals surface area contributed by atoms with Crippen molar-refractivity contribution < 1.29 is 17.7 Å². The summed E-state index contributed by atoms with van der Waals surface area (Å²) in [6.45, 7) is 2.26. The second-order valence-electron chi connectivity index (χ2n) is 5.14. The van der Waals surface area contributed by atoms with Crippen LogP contribution in [0, 0.1) is 5.92 Å². The normalized spacial score (nSPS) is 13.3. The SMILES string of the molecule is CCCCC(CC)C[N+](C)(C)C.FC(F)F. The average molecular weight is 242 g/mol. The van der Waals surface area contributed by atoms with Crippen LogP contribution >= 0.6 is 0 Å². The fourth-order valence-electron chi connectivity index (χ4n) is 1.69. The van der Waals surface area contributed by atoms with E-state index in [1.165, 1.54) is 32.2 Å². The van der Waals surface area contributed by atoms with Crippen molar-refractivity contribution in [3.8, 4) is 0 Å². The molecule has 0 aliphatic rings. The van der Waals surface area contributed by atoms with Crippen molar-refractivity contribution >= 4 is 0 Å². The van der Waals surface area contributed by atoms with Crippen LogP contribution in [0.3, 0.4) is 0 Å². The Labute approximate surface area is 98.2 Å². The Bertz CT molecular complexity index is 141. The Morgan fingerprint density at radius 3 is 1.69 bits per heavy atom. The number of hydrogen-bond donors (Lipinski definition) is 0. The molecule has 0 aromatic heterocycles. The highest BCUT2D eigenvalue weighted by Crippen LogP contribution is 2.15. The smallest absolute Gasteiger partial charge is 0.331 e. The molecule has 0 radical (unpaired) electrons. The van der Waals surface area contributed by atoms with Gasteiger partial charge in [-0.3, -0.25) is 0 Å². The summed E-state index contributed by atoms with van der Waals surface area (Å²) in [6.07, 6.45) is 5.50. The summed E-state index contributed by atoms with van der Waals surface area (Å²) in [4.78, 5) is 0. The number of rotatable bonds is 6. The van der Waals surface area contributed by atoms with Gasteiger partial charge in [-0.15, -0.1) is 0 Å². The Balaban J connectivity index is 0. The van der Waals surface area contributed by atoms with Gasteiger partial charge in [0, 0.05) is 5.92 Å². The molecule has 0 fully saturated rings. The van der Waals surface area contributed by atoms with Crippen LogP contribution in [0.4, 0.5) is 13.2 Å². The molecule has 0 saturated heterocycles. The van der Waals surface area contributed by atoms with Crippen LogP contribution in [0.2, 0.25) is 0 Å². The highest BCUT2D eigenvalue weighted by Gasteiger charge is 2.15. The number of quaternary nitrogens is 1. The van der Waals surface area contributed by atoms with Crippen LogP contribution in [0.15, 0.2) is 0 Å². The molecule has 1 atom stereocenters. The van der Waals surface area contributed by atoms with E-state index in [4.69, 9.17) is 0 Å². The van der Waals surface area contributed by atoms with Gasteiger partial charge in [-0.05, 0) is 12.8 Å². The number of alkyl halides is 3. The Kier molecular flexibility index (Phi) is 11.3. The van der Waals surface area contributed by atoms with Gasteiger partial charge in [-0.25, -0.2) is 0 Å². The van der Waals surface area contributed by atoms with Crippen molar-refractivity contribution in [2.75, 3.05) is 27.7 Å². The van der Waals surface area contributed by atoms with Crippen molar-refractivity contribution in [3.05, 3.63) is 0 Å². The topological polar surface area (TPSA) is 0 Å². The molecule has 0 heterocycles. The van der Waals surface area contributed by atoms with E-state index < -0.39 is 6.68 Å². The first-order valence-electron chi connectivity index (χ1n) is 5.95. The van der Waals surface area contributed by atoms with E-state index in [-0.39, 0.29) is 0 Å². The molecule has 1 nitrogen and oxygen atoms in total. The minimum Gasteiger partial charge on any atom is -0.331 e. The summed E-state index contributed by atoms with van der Waals surface area (Å²) in [5.41, 5.74) is 0. The van der Waals surface area contributed by atoms with Crippen LogP contribution in [0.1, 0.15) is 39.5 Å². The molecule has 0 N–H and O–H groups in total. The number of unbranched alkanes of at least 4 members (excludes halogenated alkanes) is 1. The third kappa shape index (κ3) is 19.3. The maximum atomic E-state index is 9.67. The average Bonchev–Trinajstić information content (AvgIpc) is 2.09. The molecule has 0 rings (SSSR count). The van der Waals surface area contributed by atoms with Crippen molar-refractivity contribution in [3.63, 3.8) is 0 Å². The summed E-state index contributed by atoms with van der Waals surface area (Å²) in [5.74, 6) is 0.935. The zero-order chi connectivity index (χ0) is 13.2. The summed E-state index contributed by atoms with van der Waals surface area (Å²) in [5, 5.41) is 0. The third-order valence-electron chi connectivity index (χ3n) is 2.35. The Morgan fingerprint density at radius 2 is 1.44 bits per heavy atom. The molecule has 0 aliphatic heterocycles. The highest BCUT2D eigenvalue weighted by molar-refractivity contribution is 4.55. The highest BCUT2D eigenvalue weighted by atomic mass is 19.4. The molecule has 16 heavy (non-hydrogen) atoms. The van der Waals surface area contributed by atoms with Crippen LogP contribution in [-0.2, 0) is 0 Å². The van der Waals surface area contributed by atoms with Gasteiger partial charge in [0.1, 0.15) is 0 Å².